The number of rotatable bonds is 4. The molecule has 1 aliphatic carbocycles. The summed E-state index contributed by atoms with van der Waals surface area (Å²) >= 11 is 6.32. The van der Waals surface area contributed by atoms with Gasteiger partial charge < -0.3 is 10.1 Å². The smallest absolute Gasteiger partial charge is 0.354 e. The van der Waals surface area contributed by atoms with Crippen LogP contribution in [0.5, 0.6) is 5.75 Å². The maximum atomic E-state index is 13.0. The van der Waals surface area contributed by atoms with Crippen LogP contribution >= 0.6 is 11.6 Å². The van der Waals surface area contributed by atoms with Crippen molar-refractivity contribution in [3.05, 3.63) is 51.7 Å². The summed E-state index contributed by atoms with van der Waals surface area (Å²) in [5.41, 5.74) is 0.979. The highest BCUT2D eigenvalue weighted by Gasteiger charge is 2.36. The van der Waals surface area contributed by atoms with Gasteiger partial charge in [-0.1, -0.05) is 17.5 Å². The van der Waals surface area contributed by atoms with Crippen LogP contribution in [0.4, 0.5) is 5.82 Å². The van der Waals surface area contributed by atoms with E-state index in [0.717, 1.165) is 19.3 Å². The van der Waals surface area contributed by atoms with E-state index in [1.165, 1.54) is 4.57 Å². The van der Waals surface area contributed by atoms with Crippen molar-refractivity contribution in [2.45, 2.75) is 31.7 Å². The number of anilines is 1. The van der Waals surface area contributed by atoms with Crippen LogP contribution in [-0.4, -0.2) is 27.2 Å². The molecule has 1 aliphatic rings. The van der Waals surface area contributed by atoms with Crippen molar-refractivity contribution in [2.24, 2.45) is 0 Å². The summed E-state index contributed by atoms with van der Waals surface area (Å²) in [5.74, 6) is 3.73. The second kappa shape index (κ2) is 6.84. The Bertz CT molecular complexity index is 1180. The minimum absolute atomic E-state index is 0.406. The largest absolute Gasteiger partial charge is 0.496 e. The highest BCUT2D eigenvalue weighted by molar-refractivity contribution is 6.31. The third kappa shape index (κ3) is 2.88. The number of methoxy groups -OCH3 is 1. The fraction of sp³-hybridized carbons (Fsp3) is 0.286. The Morgan fingerprint density at radius 2 is 2.18 bits per heavy atom. The van der Waals surface area contributed by atoms with Crippen LogP contribution < -0.4 is 15.7 Å². The standard InChI is InChI=1S/C21H19ClN4O2/c1-4-21(8-6-9-21)25-19-18-16(11-14(22)12-17(18)28-3)26(20(27)24-19)15-7-5-10-23-13(15)2/h1,5,7,10-12H,6,8-9H2,2-3H3,(H,24,25,27). The zero-order chi connectivity index (χ0) is 19.9. The molecular formula is C21H19ClN4O2. The van der Waals surface area contributed by atoms with Gasteiger partial charge >= 0.3 is 5.69 Å². The van der Waals surface area contributed by atoms with Crippen molar-refractivity contribution in [2.75, 3.05) is 12.4 Å². The molecule has 2 heterocycles. The van der Waals surface area contributed by atoms with Crippen LogP contribution in [0.3, 0.4) is 0 Å². The molecule has 0 bridgehead atoms. The summed E-state index contributed by atoms with van der Waals surface area (Å²) in [6.07, 6.45) is 10.1. The van der Waals surface area contributed by atoms with Crippen LogP contribution in [0.2, 0.25) is 5.02 Å². The number of aryl methyl sites for hydroxylation is 1. The Kier molecular flexibility index (Phi) is 4.48. The number of halogens is 1. The highest BCUT2D eigenvalue weighted by Crippen LogP contribution is 2.39. The number of hydrogen-bond acceptors (Lipinski definition) is 5. The molecule has 3 aromatic rings. The van der Waals surface area contributed by atoms with Gasteiger partial charge in [-0.15, -0.1) is 6.42 Å². The lowest BCUT2D eigenvalue weighted by molar-refractivity contribution is 0.359. The van der Waals surface area contributed by atoms with Gasteiger partial charge in [0, 0.05) is 11.2 Å². The Balaban J connectivity index is 2.06. The van der Waals surface area contributed by atoms with Crippen LogP contribution in [-0.2, 0) is 0 Å². The predicted molar refractivity (Wildman–Crippen MR) is 110 cm³/mol. The second-order valence-corrected chi connectivity index (χ2v) is 7.33. The van der Waals surface area contributed by atoms with Crippen LogP contribution in [0.1, 0.15) is 25.0 Å². The number of nitrogens with one attached hydrogen (secondary N) is 1. The average molecular weight is 395 g/mol. The first-order valence-electron chi connectivity index (χ1n) is 8.96. The zero-order valence-corrected chi connectivity index (χ0v) is 16.4. The van der Waals surface area contributed by atoms with Crippen molar-refractivity contribution in [3.8, 4) is 23.8 Å². The summed E-state index contributed by atoms with van der Waals surface area (Å²) in [6, 6.07) is 7.02. The number of ether oxygens (including phenoxy) is 1. The van der Waals surface area contributed by atoms with Gasteiger partial charge in [-0.2, -0.15) is 4.98 Å². The molecule has 1 saturated carbocycles. The van der Waals surface area contributed by atoms with E-state index in [1.54, 1.807) is 31.5 Å². The fourth-order valence-corrected chi connectivity index (χ4v) is 3.75. The van der Waals surface area contributed by atoms with Crippen LogP contribution in [0.15, 0.2) is 35.3 Å². The third-order valence-electron chi connectivity index (χ3n) is 5.20. The first-order chi connectivity index (χ1) is 13.5. The molecule has 28 heavy (non-hydrogen) atoms. The fourth-order valence-electron chi connectivity index (χ4n) is 3.55. The number of terminal acetylenes is 1. The van der Waals surface area contributed by atoms with E-state index in [9.17, 15) is 4.79 Å². The molecule has 142 valence electrons. The lowest BCUT2D eigenvalue weighted by Gasteiger charge is -2.38. The quantitative estimate of drug-likeness (QED) is 0.683. The van der Waals surface area contributed by atoms with Crippen molar-refractivity contribution in [1.82, 2.24) is 14.5 Å². The molecule has 1 fully saturated rings. The minimum atomic E-state index is -0.493. The Morgan fingerprint density at radius 3 is 2.79 bits per heavy atom. The van der Waals surface area contributed by atoms with E-state index >= 15 is 0 Å². The number of aromatic nitrogens is 3. The summed E-state index contributed by atoms with van der Waals surface area (Å²) in [5, 5.41) is 4.41. The molecule has 0 spiro atoms. The first-order valence-corrected chi connectivity index (χ1v) is 9.34. The number of nitrogens with zero attached hydrogens (tertiary/aromatic N) is 3. The monoisotopic (exact) mass is 394 g/mol. The van der Waals surface area contributed by atoms with E-state index in [-0.39, 0.29) is 0 Å². The predicted octanol–water partition coefficient (Wildman–Crippen LogP) is 3.72. The lowest BCUT2D eigenvalue weighted by atomic mass is 9.77. The third-order valence-corrected chi connectivity index (χ3v) is 5.42. The molecule has 0 saturated heterocycles. The molecule has 1 aromatic carbocycles. The van der Waals surface area contributed by atoms with Crippen molar-refractivity contribution < 1.29 is 4.74 Å². The summed E-state index contributed by atoms with van der Waals surface area (Å²) in [6.45, 7) is 1.84. The van der Waals surface area contributed by atoms with Gasteiger partial charge in [0.2, 0.25) is 0 Å². The molecular weight excluding hydrogens is 376 g/mol. The number of hydrogen-bond donors (Lipinski definition) is 1. The molecule has 0 amide bonds. The number of benzene rings is 1. The van der Waals surface area contributed by atoms with E-state index < -0.39 is 11.2 Å². The number of fused-ring (bicyclic) bond motifs is 1. The molecule has 0 radical (unpaired) electrons. The molecule has 4 rings (SSSR count). The SMILES string of the molecule is C#CC1(Nc2nc(=O)n(-c3cccnc3C)c3cc(Cl)cc(OC)c23)CCC1. The normalized spacial score (nSPS) is 14.9. The van der Waals surface area contributed by atoms with Gasteiger partial charge in [-0.3, -0.25) is 9.55 Å². The van der Waals surface area contributed by atoms with Gasteiger partial charge in [0.15, 0.2) is 0 Å². The molecule has 0 atom stereocenters. The summed E-state index contributed by atoms with van der Waals surface area (Å²) in [4.78, 5) is 21.7. The number of pyridine rings is 1. The lowest BCUT2D eigenvalue weighted by Crippen LogP contribution is -2.44. The molecule has 7 heteroatoms. The van der Waals surface area contributed by atoms with Crippen molar-refractivity contribution in [1.29, 1.82) is 0 Å². The molecule has 6 nitrogen and oxygen atoms in total. The molecule has 2 aromatic heterocycles. The Labute approximate surface area is 167 Å². The van der Waals surface area contributed by atoms with Gasteiger partial charge in [-0.25, -0.2) is 4.79 Å². The average Bonchev–Trinajstić information content (AvgIpc) is 2.64. The van der Waals surface area contributed by atoms with E-state index in [4.69, 9.17) is 22.8 Å². The van der Waals surface area contributed by atoms with Crippen LogP contribution in [0, 0.1) is 19.3 Å². The van der Waals surface area contributed by atoms with Crippen LogP contribution in [0.25, 0.3) is 16.6 Å². The molecule has 0 aliphatic heterocycles. The van der Waals surface area contributed by atoms with E-state index in [0.29, 0.717) is 38.9 Å². The summed E-state index contributed by atoms with van der Waals surface area (Å²) in [7, 11) is 1.56. The summed E-state index contributed by atoms with van der Waals surface area (Å²) < 4.78 is 7.06. The minimum Gasteiger partial charge on any atom is -0.496 e. The van der Waals surface area contributed by atoms with Crippen molar-refractivity contribution >= 4 is 28.3 Å². The molecule has 0 unspecified atom stereocenters. The van der Waals surface area contributed by atoms with Gasteiger partial charge in [0.05, 0.1) is 34.9 Å². The Morgan fingerprint density at radius 1 is 1.39 bits per heavy atom. The maximum absolute atomic E-state index is 13.0. The highest BCUT2D eigenvalue weighted by atomic mass is 35.5. The maximum Gasteiger partial charge on any atom is 0.354 e. The van der Waals surface area contributed by atoms with Gasteiger partial charge in [0.1, 0.15) is 11.6 Å². The Hall–Kier alpha value is -3.04. The van der Waals surface area contributed by atoms with Crippen molar-refractivity contribution in [3.63, 3.8) is 0 Å². The van der Waals surface area contributed by atoms with E-state index in [1.807, 2.05) is 13.0 Å². The zero-order valence-electron chi connectivity index (χ0n) is 15.6. The first kappa shape index (κ1) is 18.3. The van der Waals surface area contributed by atoms with Gasteiger partial charge in [-0.05, 0) is 50.5 Å². The topological polar surface area (TPSA) is 69.0 Å². The van der Waals surface area contributed by atoms with Gasteiger partial charge in [0.25, 0.3) is 0 Å². The second-order valence-electron chi connectivity index (χ2n) is 6.89. The molecule has 1 N–H and O–H groups in total. The van der Waals surface area contributed by atoms with E-state index in [2.05, 4.69) is 21.2 Å².